The van der Waals surface area contributed by atoms with Gasteiger partial charge in [-0.1, -0.05) is 20.8 Å². The average molecular weight is 552 g/mol. The van der Waals surface area contributed by atoms with Crippen molar-refractivity contribution in [3.05, 3.63) is 0 Å². The summed E-state index contributed by atoms with van der Waals surface area (Å²) in [6.45, 7) is 8.22. The fourth-order valence-corrected chi connectivity index (χ4v) is 5.51. The van der Waals surface area contributed by atoms with Gasteiger partial charge in [0.1, 0.15) is 18.1 Å². The first-order chi connectivity index (χ1) is 16.5. The Hall–Kier alpha value is -2.49. The van der Waals surface area contributed by atoms with Crippen molar-refractivity contribution in [1.29, 1.82) is 5.26 Å². The van der Waals surface area contributed by atoms with Crippen LogP contribution in [0.1, 0.15) is 53.9 Å². The van der Waals surface area contributed by atoms with Gasteiger partial charge in [0.2, 0.25) is 17.7 Å². The van der Waals surface area contributed by atoms with Gasteiger partial charge in [0, 0.05) is 17.7 Å². The van der Waals surface area contributed by atoms with Crippen molar-refractivity contribution in [2.45, 2.75) is 83.7 Å². The maximum Gasteiger partial charge on any atom is 0.471 e. The molecule has 0 bridgehead atoms. The van der Waals surface area contributed by atoms with Crippen molar-refractivity contribution < 1.29 is 32.3 Å². The molecule has 37 heavy (non-hydrogen) atoms. The Labute approximate surface area is 218 Å². The van der Waals surface area contributed by atoms with Gasteiger partial charge in [-0.3, -0.25) is 19.2 Å². The van der Waals surface area contributed by atoms with Crippen LogP contribution in [0.2, 0.25) is 0 Å². The van der Waals surface area contributed by atoms with E-state index in [-0.39, 0.29) is 30.4 Å². The van der Waals surface area contributed by atoms with E-state index in [0.29, 0.717) is 6.42 Å². The number of amides is 4. The van der Waals surface area contributed by atoms with Crippen molar-refractivity contribution in [2.24, 2.45) is 11.3 Å². The first-order valence-electron chi connectivity index (χ1n) is 11.9. The lowest BCUT2D eigenvalue weighted by Crippen LogP contribution is -2.60. The van der Waals surface area contributed by atoms with Crippen LogP contribution < -0.4 is 21.3 Å². The molecule has 4 amide bonds. The molecule has 1 aliphatic rings. The number of hydrogen-bond acceptors (Lipinski definition) is 5. The number of carbonyl (C=O) groups excluding carboxylic acids is 4. The predicted molar refractivity (Wildman–Crippen MR) is 137 cm³/mol. The highest BCUT2D eigenvalue weighted by Gasteiger charge is 2.44. The van der Waals surface area contributed by atoms with Crippen LogP contribution in [0.5, 0.6) is 0 Å². The van der Waals surface area contributed by atoms with Crippen LogP contribution in [0.25, 0.3) is 0 Å². The zero-order valence-corrected chi connectivity index (χ0v) is 23.6. The molecule has 0 spiro atoms. The highest BCUT2D eigenvalue weighted by atomic mass is 32.3. The van der Waals surface area contributed by atoms with Gasteiger partial charge in [-0.15, -0.1) is 0 Å². The summed E-state index contributed by atoms with van der Waals surface area (Å²) in [5.41, 5.74) is -1.54. The molecule has 13 heteroatoms. The highest BCUT2D eigenvalue weighted by Crippen LogP contribution is 2.35. The lowest BCUT2D eigenvalue weighted by molar-refractivity contribution is -0.175. The van der Waals surface area contributed by atoms with Crippen molar-refractivity contribution >= 4 is 33.7 Å². The molecule has 1 rings (SSSR count). The minimum absolute atomic E-state index is 0.139. The number of carbonyl (C=O) groups is 4. The Morgan fingerprint density at radius 3 is 2.11 bits per heavy atom. The summed E-state index contributed by atoms with van der Waals surface area (Å²) in [5.74, 6) is -3.93. The molecule has 0 saturated carbocycles. The van der Waals surface area contributed by atoms with E-state index in [1.165, 1.54) is 20.8 Å². The van der Waals surface area contributed by atoms with Crippen LogP contribution in [-0.4, -0.2) is 78.0 Å². The fraction of sp³-hybridized carbons (Fsp3) is 0.792. The quantitative estimate of drug-likeness (QED) is 0.347. The molecular formula is C24H40F3N5O4S. The zero-order valence-electron chi connectivity index (χ0n) is 22.8. The van der Waals surface area contributed by atoms with E-state index >= 15 is 0 Å². The molecule has 212 valence electrons. The maximum absolute atomic E-state index is 13.2. The van der Waals surface area contributed by atoms with Gasteiger partial charge < -0.3 is 21.3 Å². The van der Waals surface area contributed by atoms with E-state index in [1.807, 2.05) is 38.7 Å². The molecule has 4 atom stereocenters. The Morgan fingerprint density at radius 1 is 1.11 bits per heavy atom. The molecular weight excluding hydrogens is 511 g/mol. The van der Waals surface area contributed by atoms with Gasteiger partial charge in [-0.25, -0.2) is 10.0 Å². The summed E-state index contributed by atoms with van der Waals surface area (Å²) < 4.78 is 38.6. The third kappa shape index (κ3) is 11.2. The van der Waals surface area contributed by atoms with Gasteiger partial charge >= 0.3 is 12.1 Å². The molecule has 1 fully saturated rings. The van der Waals surface area contributed by atoms with Crippen LogP contribution in [0.3, 0.4) is 0 Å². The van der Waals surface area contributed by atoms with Crippen LogP contribution in [0, 0.1) is 22.7 Å². The number of piperidine rings is 1. The second-order valence-electron chi connectivity index (χ2n) is 12.2. The number of halogens is 3. The summed E-state index contributed by atoms with van der Waals surface area (Å²) in [7, 11) is -1.39. The van der Waals surface area contributed by atoms with Crippen molar-refractivity contribution in [3.63, 3.8) is 0 Å². The lowest BCUT2D eigenvalue weighted by atomic mass is 9.81. The van der Waals surface area contributed by atoms with Crippen LogP contribution >= 0.6 is 10.0 Å². The summed E-state index contributed by atoms with van der Waals surface area (Å²) >= 11 is 0. The molecule has 9 nitrogen and oxygen atoms in total. The largest absolute Gasteiger partial charge is 0.471 e. The number of nitrogens with zero attached hydrogens (tertiary/aromatic N) is 1. The number of hydrogen-bond donors (Lipinski definition) is 4. The Kier molecular flexibility index (Phi) is 10.5. The highest BCUT2D eigenvalue weighted by molar-refractivity contribution is 8.32. The van der Waals surface area contributed by atoms with Crippen LogP contribution in [0.4, 0.5) is 13.2 Å². The Balaban J connectivity index is 3.07. The number of nitrogens with one attached hydrogen (secondary N) is 4. The van der Waals surface area contributed by atoms with Crippen molar-refractivity contribution in [3.8, 4) is 6.07 Å². The van der Waals surface area contributed by atoms with Gasteiger partial charge in [0.15, 0.2) is 0 Å². The van der Waals surface area contributed by atoms with E-state index in [9.17, 15) is 37.6 Å². The molecule has 0 aromatic heterocycles. The minimum Gasteiger partial charge on any atom is -0.351 e. The second kappa shape index (κ2) is 11.9. The maximum atomic E-state index is 13.2. The molecule has 0 aromatic rings. The lowest BCUT2D eigenvalue weighted by Gasteiger charge is -2.37. The first-order valence-corrected chi connectivity index (χ1v) is 14.9. The van der Waals surface area contributed by atoms with Crippen molar-refractivity contribution in [2.75, 3.05) is 24.5 Å². The molecule has 1 saturated heterocycles. The van der Waals surface area contributed by atoms with E-state index in [2.05, 4.69) is 16.0 Å². The normalized spacial score (nSPS) is 20.9. The van der Waals surface area contributed by atoms with Gasteiger partial charge in [-0.2, -0.15) is 18.4 Å². The standard InChI is InChI=1S/C24H40F3N5O4S/c1-22(2,3)18(31-21(36)24(25,26)27)20(35)30-16(13-37(6,7)8)19(34)29-15(12-28)9-14-10-17(33)32-23(4,5)11-14/h14-16,18H,9-11,13H2,1-8H3,(H,29,34)(H,30,35)(H,31,36)(H,32,33). The zero-order chi connectivity index (χ0) is 29.0. The average Bonchev–Trinajstić information content (AvgIpc) is 2.66. The van der Waals surface area contributed by atoms with E-state index in [1.54, 1.807) is 5.32 Å². The molecule has 0 aromatic carbocycles. The van der Waals surface area contributed by atoms with Crippen LogP contribution in [-0.2, 0) is 19.2 Å². The SMILES string of the molecule is CC1(C)CC(CC(C#N)NC(=O)C(CS(C)(C)C)NC(=O)C(NC(=O)C(F)(F)F)C(C)(C)C)CC(=O)N1. The summed E-state index contributed by atoms with van der Waals surface area (Å²) in [6, 6.07) is -1.61. The third-order valence-corrected chi connectivity index (χ3v) is 7.09. The number of rotatable bonds is 9. The van der Waals surface area contributed by atoms with E-state index in [4.69, 9.17) is 0 Å². The molecule has 0 radical (unpaired) electrons. The predicted octanol–water partition coefficient (Wildman–Crippen LogP) is 1.96. The molecule has 4 unspecified atom stereocenters. The fourth-order valence-electron chi connectivity index (χ4n) is 4.28. The van der Waals surface area contributed by atoms with Gasteiger partial charge in [0.25, 0.3) is 0 Å². The number of nitriles is 1. The summed E-state index contributed by atoms with van der Waals surface area (Å²) in [5, 5.41) is 19.4. The van der Waals surface area contributed by atoms with E-state index in [0.717, 1.165) is 0 Å². The third-order valence-electron chi connectivity index (χ3n) is 5.75. The molecule has 1 heterocycles. The molecule has 4 N–H and O–H groups in total. The topological polar surface area (TPSA) is 140 Å². The van der Waals surface area contributed by atoms with Crippen molar-refractivity contribution in [1.82, 2.24) is 21.3 Å². The summed E-state index contributed by atoms with van der Waals surface area (Å²) in [6.07, 6.45) is 1.58. The van der Waals surface area contributed by atoms with E-state index < -0.39 is 63.0 Å². The molecule has 1 aliphatic heterocycles. The van der Waals surface area contributed by atoms with Gasteiger partial charge in [-0.05, 0) is 56.8 Å². The number of alkyl halides is 3. The smallest absolute Gasteiger partial charge is 0.351 e. The summed E-state index contributed by atoms with van der Waals surface area (Å²) in [4.78, 5) is 49.8. The minimum atomic E-state index is -5.18. The monoisotopic (exact) mass is 551 g/mol. The Bertz CT molecular complexity index is 919. The second-order valence-corrected chi connectivity index (χ2v) is 16.7. The molecule has 0 aliphatic carbocycles. The Morgan fingerprint density at radius 2 is 1.68 bits per heavy atom. The first kappa shape index (κ1) is 32.5. The van der Waals surface area contributed by atoms with Gasteiger partial charge in [0.05, 0.1) is 6.07 Å². The van der Waals surface area contributed by atoms with Crippen LogP contribution in [0.15, 0.2) is 0 Å².